The molecule has 0 spiro atoms. The van der Waals surface area contributed by atoms with E-state index in [-0.39, 0.29) is 24.0 Å². The second-order valence-corrected chi connectivity index (χ2v) is 4.16. The van der Waals surface area contributed by atoms with Crippen LogP contribution in [0.4, 0.5) is 0 Å². The van der Waals surface area contributed by atoms with Crippen LogP contribution in [0.5, 0.6) is 0 Å². The van der Waals surface area contributed by atoms with Gasteiger partial charge in [0, 0.05) is 13.0 Å². The van der Waals surface area contributed by atoms with Crippen LogP contribution in [0.2, 0.25) is 0 Å². The number of nitrogens with zero attached hydrogens (tertiary/aromatic N) is 2. The molecule has 3 rings (SSSR count). The van der Waals surface area contributed by atoms with Gasteiger partial charge in [-0.3, -0.25) is 0 Å². The molecule has 1 aromatic carbocycles. The monoisotopic (exact) mass is 352 g/mol. The number of oxazole rings is 1. The quantitative estimate of drug-likeness (QED) is 0.442. The molecule has 2 heterocycles. The molecule has 2 aromatic heterocycles. The van der Waals surface area contributed by atoms with Crippen LogP contribution < -0.4 is 28.5 Å². The van der Waals surface area contributed by atoms with Crippen molar-refractivity contribution in [3.63, 3.8) is 0 Å². The zero-order valence-electron chi connectivity index (χ0n) is 10.2. The number of hydrogen-bond acceptors (Lipinski definition) is 2. The lowest BCUT2D eigenvalue weighted by atomic mass is 10.2. The largest absolute Gasteiger partial charge is 1.00 e. The van der Waals surface area contributed by atoms with Gasteiger partial charge in [-0.2, -0.15) is 0 Å². The first kappa shape index (κ1) is 13.0. The topological polar surface area (TPSA) is 29.9 Å². The number of aryl methyl sites for hydroxylation is 2. The van der Waals surface area contributed by atoms with Crippen molar-refractivity contribution in [1.82, 2.24) is 4.98 Å². The molecule has 0 saturated heterocycles. The van der Waals surface area contributed by atoms with Crippen LogP contribution in [0.3, 0.4) is 0 Å². The average Bonchev–Trinajstić information content (AvgIpc) is 2.76. The molecular weight excluding hydrogens is 339 g/mol. The second kappa shape index (κ2) is 5.06. The Bertz CT molecular complexity index is 658. The van der Waals surface area contributed by atoms with Crippen LogP contribution in [0, 0.1) is 6.92 Å². The van der Waals surface area contributed by atoms with Gasteiger partial charge in [0.25, 0.3) is 0 Å². The van der Waals surface area contributed by atoms with Crippen LogP contribution in [-0.4, -0.2) is 4.98 Å². The van der Waals surface area contributed by atoms with E-state index in [2.05, 4.69) is 22.5 Å². The maximum absolute atomic E-state index is 5.72. The Hall–Kier alpha value is -1.43. The highest BCUT2D eigenvalue weighted by Crippen LogP contribution is 2.22. The zero-order valence-corrected chi connectivity index (χ0v) is 12.4. The maximum atomic E-state index is 5.72. The fourth-order valence-electron chi connectivity index (χ4n) is 1.80. The summed E-state index contributed by atoms with van der Waals surface area (Å²) in [5.41, 5.74) is 3.91. The van der Waals surface area contributed by atoms with E-state index in [1.807, 2.05) is 43.6 Å². The second-order valence-electron chi connectivity index (χ2n) is 4.16. The van der Waals surface area contributed by atoms with Gasteiger partial charge in [0.2, 0.25) is 5.89 Å². The first-order chi connectivity index (χ1) is 8.24. The molecule has 0 bridgehead atoms. The van der Waals surface area contributed by atoms with Gasteiger partial charge in [-0.05, 0) is 18.2 Å². The molecule has 18 heavy (non-hydrogen) atoms. The SMILES string of the molecule is Cc1ccc(-c2nc3ccccc3o2)c[n+]1C.[I-]. The molecule has 0 amide bonds. The summed E-state index contributed by atoms with van der Waals surface area (Å²) in [6.45, 7) is 2.07. The minimum absolute atomic E-state index is 0. The predicted octanol–water partition coefficient (Wildman–Crippen LogP) is -0.368. The van der Waals surface area contributed by atoms with Gasteiger partial charge >= 0.3 is 0 Å². The van der Waals surface area contributed by atoms with Gasteiger partial charge in [0.1, 0.15) is 18.1 Å². The van der Waals surface area contributed by atoms with E-state index in [1.165, 1.54) is 5.69 Å². The molecule has 0 aliphatic heterocycles. The first-order valence-corrected chi connectivity index (χ1v) is 5.56. The summed E-state index contributed by atoms with van der Waals surface area (Å²) in [4.78, 5) is 4.47. The van der Waals surface area contributed by atoms with E-state index in [0.717, 1.165) is 16.7 Å². The van der Waals surface area contributed by atoms with E-state index in [9.17, 15) is 0 Å². The molecule has 3 aromatic rings. The predicted molar refractivity (Wildman–Crippen MR) is 65.4 cm³/mol. The molecule has 0 radical (unpaired) electrons. The van der Waals surface area contributed by atoms with Crippen LogP contribution in [-0.2, 0) is 7.05 Å². The third-order valence-corrected chi connectivity index (χ3v) is 2.93. The normalized spacial score (nSPS) is 10.3. The molecule has 0 atom stereocenters. The molecule has 0 aliphatic rings. The van der Waals surface area contributed by atoms with Crippen LogP contribution in [0.25, 0.3) is 22.6 Å². The fraction of sp³-hybridized carbons (Fsp3) is 0.143. The highest BCUT2D eigenvalue weighted by Gasteiger charge is 2.11. The van der Waals surface area contributed by atoms with Crippen molar-refractivity contribution in [2.24, 2.45) is 7.05 Å². The van der Waals surface area contributed by atoms with E-state index < -0.39 is 0 Å². The van der Waals surface area contributed by atoms with Gasteiger partial charge in [-0.1, -0.05) is 12.1 Å². The van der Waals surface area contributed by atoms with Gasteiger partial charge in [-0.25, -0.2) is 9.55 Å². The van der Waals surface area contributed by atoms with Gasteiger partial charge < -0.3 is 28.4 Å². The Balaban J connectivity index is 0.00000120. The minimum Gasteiger partial charge on any atom is -1.00 e. The number of halogens is 1. The highest BCUT2D eigenvalue weighted by atomic mass is 127. The Morgan fingerprint density at radius 3 is 2.61 bits per heavy atom. The van der Waals surface area contributed by atoms with Gasteiger partial charge in [0.15, 0.2) is 17.5 Å². The number of fused-ring (bicyclic) bond motifs is 1. The molecule has 0 aliphatic carbocycles. The smallest absolute Gasteiger partial charge is 0.233 e. The van der Waals surface area contributed by atoms with Crippen LogP contribution in [0.1, 0.15) is 5.69 Å². The number of para-hydroxylation sites is 2. The number of rotatable bonds is 1. The van der Waals surface area contributed by atoms with Crippen molar-refractivity contribution >= 4 is 11.1 Å². The minimum atomic E-state index is 0. The van der Waals surface area contributed by atoms with Crippen molar-refractivity contribution in [3.8, 4) is 11.5 Å². The van der Waals surface area contributed by atoms with Crippen molar-refractivity contribution < 1.29 is 33.0 Å². The van der Waals surface area contributed by atoms with E-state index in [4.69, 9.17) is 4.42 Å². The summed E-state index contributed by atoms with van der Waals surface area (Å²) in [5, 5.41) is 0. The molecule has 92 valence electrons. The molecule has 3 nitrogen and oxygen atoms in total. The molecular formula is C14H13IN2O. The van der Waals surface area contributed by atoms with Crippen molar-refractivity contribution in [2.45, 2.75) is 6.92 Å². The Labute approximate surface area is 122 Å². The summed E-state index contributed by atoms with van der Waals surface area (Å²) in [6, 6.07) is 11.9. The fourth-order valence-corrected chi connectivity index (χ4v) is 1.80. The van der Waals surface area contributed by atoms with Crippen molar-refractivity contribution in [2.75, 3.05) is 0 Å². The molecule has 0 N–H and O–H groups in total. The summed E-state index contributed by atoms with van der Waals surface area (Å²) in [6.07, 6.45) is 2.03. The first-order valence-electron chi connectivity index (χ1n) is 5.56. The molecule has 4 heteroatoms. The lowest BCUT2D eigenvalue weighted by Gasteiger charge is -1.95. The molecule has 0 unspecified atom stereocenters. The summed E-state index contributed by atoms with van der Waals surface area (Å²) < 4.78 is 7.78. The zero-order chi connectivity index (χ0) is 11.8. The average molecular weight is 352 g/mol. The van der Waals surface area contributed by atoms with E-state index in [0.29, 0.717) is 5.89 Å². The van der Waals surface area contributed by atoms with Crippen LogP contribution in [0.15, 0.2) is 47.0 Å². The Morgan fingerprint density at radius 2 is 1.89 bits per heavy atom. The van der Waals surface area contributed by atoms with Crippen molar-refractivity contribution in [3.05, 3.63) is 48.3 Å². The maximum Gasteiger partial charge on any atom is 0.233 e. The Kier molecular flexibility index (Phi) is 3.65. The lowest BCUT2D eigenvalue weighted by molar-refractivity contribution is -0.677. The number of pyridine rings is 1. The van der Waals surface area contributed by atoms with Crippen LogP contribution >= 0.6 is 0 Å². The molecule has 0 fully saturated rings. The van der Waals surface area contributed by atoms with Gasteiger partial charge in [-0.15, -0.1) is 0 Å². The number of benzene rings is 1. The number of aromatic nitrogens is 2. The number of hydrogen-bond donors (Lipinski definition) is 0. The third-order valence-electron chi connectivity index (χ3n) is 2.93. The van der Waals surface area contributed by atoms with Gasteiger partial charge in [0.05, 0.1) is 0 Å². The van der Waals surface area contributed by atoms with E-state index >= 15 is 0 Å². The summed E-state index contributed by atoms with van der Waals surface area (Å²) in [7, 11) is 2.02. The van der Waals surface area contributed by atoms with E-state index in [1.54, 1.807) is 0 Å². The molecule has 0 saturated carbocycles. The Morgan fingerprint density at radius 1 is 1.11 bits per heavy atom. The summed E-state index contributed by atoms with van der Waals surface area (Å²) >= 11 is 0. The standard InChI is InChI=1S/C14H13N2O.HI/c1-10-7-8-11(9-16(10)2)14-15-12-5-3-4-6-13(12)17-14;/h3-9H,1-2H3;1H/q+1;/p-1. The third kappa shape index (κ3) is 2.25. The lowest BCUT2D eigenvalue weighted by Crippen LogP contribution is -3.00. The highest BCUT2D eigenvalue weighted by molar-refractivity contribution is 5.75. The summed E-state index contributed by atoms with van der Waals surface area (Å²) in [5.74, 6) is 0.668. The van der Waals surface area contributed by atoms with Crippen molar-refractivity contribution in [1.29, 1.82) is 0 Å².